The lowest BCUT2D eigenvalue weighted by Gasteiger charge is -2.34. The van der Waals surface area contributed by atoms with Crippen molar-refractivity contribution < 1.29 is 6.48 Å². The summed E-state index contributed by atoms with van der Waals surface area (Å²) in [7, 11) is 0. The van der Waals surface area contributed by atoms with Crippen molar-refractivity contribution in [2.24, 2.45) is 0 Å². The number of hydrogen-bond donors (Lipinski definition) is 1. The molecule has 1 aliphatic rings. The first-order valence-electron chi connectivity index (χ1n) is 6.24. The summed E-state index contributed by atoms with van der Waals surface area (Å²) in [5.74, 6) is 0. The molecule has 15 heavy (non-hydrogen) atoms. The van der Waals surface area contributed by atoms with Crippen LogP contribution >= 0.6 is 0 Å². The lowest BCUT2D eigenvalue weighted by molar-refractivity contribution is 0.0841. The zero-order chi connectivity index (χ0) is 11.4. The largest absolute Gasteiger partial charge is 0.395 e. The molecule has 0 aromatic heterocycles. The van der Waals surface area contributed by atoms with E-state index in [0.29, 0.717) is 0 Å². The highest BCUT2D eigenvalue weighted by Crippen LogP contribution is 2.18. The molecule has 2 rings (SSSR count). The number of aliphatic hydroxyl groups excluding tert-OH is 1. The molecule has 2 nitrogen and oxygen atoms in total. The molecule has 1 fully saturated rings. The molecular formula is C13H19NO. The second-order valence-electron chi connectivity index (χ2n) is 4.11. The van der Waals surface area contributed by atoms with Crippen LogP contribution < -0.4 is 0 Å². The quantitative estimate of drug-likeness (QED) is 0.818. The van der Waals surface area contributed by atoms with Crippen LogP contribution in [0.15, 0.2) is 30.3 Å². The van der Waals surface area contributed by atoms with Gasteiger partial charge in [-0.15, -0.1) is 0 Å². The van der Waals surface area contributed by atoms with Gasteiger partial charge in [0, 0.05) is 13.9 Å². The SMILES string of the molecule is [2H][C@@H](c1ccccc1)N1CCCC[C@@H]1CO. The van der Waals surface area contributed by atoms with Crippen LogP contribution in [0, 0.1) is 0 Å². The number of rotatable bonds is 3. The van der Waals surface area contributed by atoms with Gasteiger partial charge in [-0.3, -0.25) is 4.90 Å². The third kappa shape index (κ3) is 2.80. The van der Waals surface area contributed by atoms with Crippen molar-refractivity contribution in [3.05, 3.63) is 35.9 Å². The number of hydrogen-bond acceptors (Lipinski definition) is 2. The number of aliphatic hydroxyl groups is 1. The standard InChI is InChI=1S/C13H19NO/c15-11-13-8-4-5-9-14(13)10-12-6-2-1-3-7-12/h1-3,6-7,13,15H,4-5,8-11H2/t13-/m1/s1/i10D/t10-,13+/m0. The minimum absolute atomic E-state index is 0.163. The van der Waals surface area contributed by atoms with Gasteiger partial charge in [0.05, 0.1) is 6.61 Å². The van der Waals surface area contributed by atoms with Crippen LogP contribution in [0.4, 0.5) is 0 Å². The van der Waals surface area contributed by atoms with Crippen molar-refractivity contribution in [2.75, 3.05) is 13.2 Å². The van der Waals surface area contributed by atoms with E-state index in [9.17, 15) is 5.11 Å². The number of benzene rings is 1. The second kappa shape index (κ2) is 5.29. The Hall–Kier alpha value is -0.860. The van der Waals surface area contributed by atoms with E-state index in [1.165, 1.54) is 6.42 Å². The van der Waals surface area contributed by atoms with Crippen LogP contribution in [-0.2, 0) is 6.52 Å². The van der Waals surface area contributed by atoms with Gasteiger partial charge < -0.3 is 5.11 Å². The average Bonchev–Trinajstić information content (AvgIpc) is 2.39. The highest BCUT2D eigenvalue weighted by molar-refractivity contribution is 5.14. The molecule has 2 heteroatoms. The summed E-state index contributed by atoms with van der Waals surface area (Å²) in [6.07, 6.45) is 3.32. The fraction of sp³-hybridized carbons (Fsp3) is 0.538. The Labute approximate surface area is 92.9 Å². The molecule has 1 aromatic rings. The molecule has 0 amide bonds. The van der Waals surface area contributed by atoms with Gasteiger partial charge in [0.15, 0.2) is 0 Å². The van der Waals surface area contributed by atoms with Crippen molar-refractivity contribution in [1.82, 2.24) is 4.90 Å². The van der Waals surface area contributed by atoms with Gasteiger partial charge in [-0.25, -0.2) is 0 Å². The summed E-state index contributed by atoms with van der Waals surface area (Å²) in [5.41, 5.74) is 1.02. The van der Waals surface area contributed by atoms with Crippen LogP contribution in [-0.4, -0.2) is 29.2 Å². The maximum absolute atomic E-state index is 9.33. The molecule has 1 saturated heterocycles. The fourth-order valence-electron chi connectivity index (χ4n) is 2.12. The molecule has 1 heterocycles. The first-order valence-corrected chi connectivity index (χ1v) is 5.66. The Morgan fingerprint density at radius 1 is 1.33 bits per heavy atom. The van der Waals surface area contributed by atoms with Gasteiger partial charge in [-0.2, -0.15) is 0 Å². The molecule has 1 N–H and O–H groups in total. The smallest absolute Gasteiger partial charge is 0.0586 e. The van der Waals surface area contributed by atoms with Gasteiger partial charge in [-0.05, 0) is 24.9 Å². The van der Waals surface area contributed by atoms with Crippen LogP contribution in [0.2, 0.25) is 0 Å². The zero-order valence-electron chi connectivity index (χ0n) is 9.97. The maximum atomic E-state index is 9.33. The van der Waals surface area contributed by atoms with E-state index >= 15 is 0 Å². The second-order valence-corrected chi connectivity index (χ2v) is 4.11. The Kier molecular flexibility index (Phi) is 3.30. The average molecular weight is 206 g/mol. The third-order valence-corrected chi connectivity index (χ3v) is 3.00. The molecule has 0 saturated carbocycles. The lowest BCUT2D eigenvalue weighted by atomic mass is 10.0. The van der Waals surface area contributed by atoms with E-state index in [-0.39, 0.29) is 19.2 Å². The van der Waals surface area contributed by atoms with Gasteiger partial charge in [0.2, 0.25) is 0 Å². The highest BCUT2D eigenvalue weighted by Gasteiger charge is 2.21. The predicted octanol–water partition coefficient (Wildman–Crippen LogP) is 2.03. The van der Waals surface area contributed by atoms with Gasteiger partial charge in [0.25, 0.3) is 0 Å². The van der Waals surface area contributed by atoms with Gasteiger partial charge in [0.1, 0.15) is 0 Å². The summed E-state index contributed by atoms with van der Waals surface area (Å²) < 4.78 is 8.26. The Morgan fingerprint density at radius 2 is 2.13 bits per heavy atom. The minimum Gasteiger partial charge on any atom is -0.395 e. The minimum atomic E-state index is -0.335. The topological polar surface area (TPSA) is 23.5 Å². The van der Waals surface area contributed by atoms with Crippen molar-refractivity contribution in [3.8, 4) is 0 Å². The summed E-state index contributed by atoms with van der Waals surface area (Å²) in [5, 5.41) is 9.33. The lowest BCUT2D eigenvalue weighted by Crippen LogP contribution is -2.41. The summed E-state index contributed by atoms with van der Waals surface area (Å²) in [6.45, 7) is 0.759. The predicted molar refractivity (Wildman–Crippen MR) is 61.6 cm³/mol. The third-order valence-electron chi connectivity index (χ3n) is 3.00. The fourth-order valence-corrected chi connectivity index (χ4v) is 2.12. The van der Waals surface area contributed by atoms with Crippen LogP contribution in [0.5, 0.6) is 0 Å². The summed E-state index contributed by atoms with van der Waals surface area (Å²) >= 11 is 0. The summed E-state index contributed by atoms with van der Waals surface area (Å²) in [4.78, 5) is 2.11. The van der Waals surface area contributed by atoms with Gasteiger partial charge in [-0.1, -0.05) is 36.8 Å². The zero-order valence-corrected chi connectivity index (χ0v) is 8.97. The molecule has 1 aliphatic heterocycles. The Bertz CT molecular complexity index is 317. The van der Waals surface area contributed by atoms with Crippen molar-refractivity contribution in [1.29, 1.82) is 0 Å². The van der Waals surface area contributed by atoms with E-state index < -0.39 is 0 Å². The monoisotopic (exact) mass is 206 g/mol. The van der Waals surface area contributed by atoms with Crippen molar-refractivity contribution >= 4 is 0 Å². The van der Waals surface area contributed by atoms with Gasteiger partial charge >= 0.3 is 0 Å². The van der Waals surface area contributed by atoms with Crippen molar-refractivity contribution in [3.63, 3.8) is 0 Å². The molecule has 0 bridgehead atoms. The first kappa shape index (κ1) is 9.37. The molecule has 0 spiro atoms. The number of nitrogens with zero attached hydrogens (tertiary/aromatic N) is 1. The number of likely N-dealkylation sites (tertiary alicyclic amines) is 1. The maximum Gasteiger partial charge on any atom is 0.0586 e. The van der Waals surface area contributed by atoms with E-state index in [4.69, 9.17) is 1.37 Å². The van der Waals surface area contributed by atoms with E-state index in [1.54, 1.807) is 0 Å². The molecule has 0 aliphatic carbocycles. The number of piperidine rings is 1. The molecule has 0 unspecified atom stereocenters. The molecule has 0 radical (unpaired) electrons. The Balaban J connectivity index is 2.10. The Morgan fingerprint density at radius 3 is 2.87 bits per heavy atom. The van der Waals surface area contributed by atoms with E-state index in [0.717, 1.165) is 24.9 Å². The normalized spacial score (nSPS) is 25.9. The molecular weight excluding hydrogens is 186 g/mol. The highest BCUT2D eigenvalue weighted by atomic mass is 16.3. The molecule has 2 atom stereocenters. The van der Waals surface area contributed by atoms with Crippen LogP contribution in [0.1, 0.15) is 26.2 Å². The first-order chi connectivity index (χ1) is 7.83. The van der Waals surface area contributed by atoms with Crippen molar-refractivity contribution in [2.45, 2.75) is 31.8 Å². The molecule has 1 aromatic carbocycles. The van der Waals surface area contributed by atoms with Crippen LogP contribution in [0.25, 0.3) is 0 Å². The molecule has 82 valence electrons. The van der Waals surface area contributed by atoms with Crippen LogP contribution in [0.3, 0.4) is 0 Å². The van der Waals surface area contributed by atoms with E-state index in [2.05, 4.69) is 4.90 Å². The summed E-state index contributed by atoms with van der Waals surface area (Å²) in [6, 6.07) is 10.0. The van der Waals surface area contributed by atoms with E-state index in [1.807, 2.05) is 30.3 Å².